The molecule has 3 aromatic rings. The molecule has 2 aromatic carbocycles. The van der Waals surface area contributed by atoms with Crippen LogP contribution in [0.15, 0.2) is 48.5 Å². The molecule has 142 valence electrons. The van der Waals surface area contributed by atoms with E-state index in [2.05, 4.69) is 3.53 Å². The maximum atomic E-state index is 13.5. The first-order valence-electron chi connectivity index (χ1n) is 9.02. The number of urea groups is 1. The van der Waals surface area contributed by atoms with E-state index in [1.165, 1.54) is 0 Å². The molecule has 1 saturated heterocycles. The summed E-state index contributed by atoms with van der Waals surface area (Å²) in [6.07, 6.45) is 0. The van der Waals surface area contributed by atoms with Crippen LogP contribution in [-0.4, -0.2) is 39.5 Å². The van der Waals surface area contributed by atoms with E-state index in [9.17, 15) is 9.59 Å². The van der Waals surface area contributed by atoms with Crippen LogP contribution in [0, 0.1) is 0 Å². The number of para-hydroxylation sites is 3. The molecule has 0 bridgehead atoms. The van der Waals surface area contributed by atoms with Crippen molar-refractivity contribution in [1.29, 1.82) is 0 Å². The number of likely N-dealkylation sites (tertiary alicyclic amines) is 1. The maximum absolute atomic E-state index is 13.5. The molecule has 0 radical (unpaired) electrons. The van der Waals surface area contributed by atoms with E-state index in [0.717, 1.165) is 28.1 Å². The van der Waals surface area contributed by atoms with Crippen LogP contribution in [0.2, 0.25) is 0 Å². The zero-order chi connectivity index (χ0) is 19.5. The summed E-state index contributed by atoms with van der Waals surface area (Å²) in [5, 5.41) is 0. The topological polar surface area (TPSA) is 70.5 Å². The summed E-state index contributed by atoms with van der Waals surface area (Å²) in [5.74, 6) is 0.876. The predicted octanol–water partition coefficient (Wildman–Crippen LogP) is 2.73. The Morgan fingerprint density at radius 1 is 1.18 bits per heavy atom. The molecule has 1 N–H and O–H groups in total. The second-order valence-electron chi connectivity index (χ2n) is 7.32. The van der Waals surface area contributed by atoms with Crippen molar-refractivity contribution in [3.8, 4) is 0 Å². The second-order valence-corrected chi connectivity index (χ2v) is 7.86. The van der Waals surface area contributed by atoms with Gasteiger partial charge in [0.1, 0.15) is 11.2 Å². The molecule has 1 fully saturated rings. The summed E-state index contributed by atoms with van der Waals surface area (Å²) in [6.45, 7) is 1.20. The van der Waals surface area contributed by atoms with E-state index in [4.69, 9.17) is 4.98 Å². The van der Waals surface area contributed by atoms with Gasteiger partial charge in [0, 0.05) is 25.8 Å². The largest absolute Gasteiger partial charge is 0.330 e. The van der Waals surface area contributed by atoms with Crippen LogP contribution in [0.25, 0.3) is 11.0 Å². The minimum atomic E-state index is -0.648. The normalized spacial score (nSPS) is 17.1. The number of carbonyl (C=O) groups is 2. The number of fused-ring (bicyclic) bond motifs is 3. The first-order valence-corrected chi connectivity index (χ1v) is 10.1. The summed E-state index contributed by atoms with van der Waals surface area (Å²) < 4.78 is 4.64. The van der Waals surface area contributed by atoms with Gasteiger partial charge in [-0.1, -0.05) is 30.3 Å². The van der Waals surface area contributed by atoms with Gasteiger partial charge in [-0.25, -0.2) is 9.78 Å². The van der Waals surface area contributed by atoms with Crippen LogP contribution in [0.4, 0.5) is 10.5 Å². The van der Waals surface area contributed by atoms with E-state index in [1.54, 1.807) is 4.90 Å². The van der Waals surface area contributed by atoms with Gasteiger partial charge in [-0.3, -0.25) is 8.32 Å². The number of aromatic nitrogens is 2. The van der Waals surface area contributed by atoms with Crippen molar-refractivity contribution in [2.24, 2.45) is 7.05 Å². The zero-order valence-electron chi connectivity index (χ0n) is 15.2. The maximum Gasteiger partial charge on any atom is 0.326 e. The monoisotopic (exact) mass is 487 g/mol. The SMILES string of the molecule is Cn1c(CN2C(=O)C3(CN(C(=O)NI)C3)c3ccccc32)nc2ccccc21. The Morgan fingerprint density at radius 2 is 1.89 bits per heavy atom. The summed E-state index contributed by atoms with van der Waals surface area (Å²) in [5.41, 5.74) is 3.22. The molecular formula is C20H18IN5O2. The lowest BCUT2D eigenvalue weighted by Gasteiger charge is -2.46. The average Bonchev–Trinajstić information content (AvgIpc) is 3.13. The Hall–Kier alpha value is -2.62. The molecule has 3 heterocycles. The number of amides is 3. The summed E-state index contributed by atoms with van der Waals surface area (Å²) >= 11 is 1.82. The zero-order valence-corrected chi connectivity index (χ0v) is 17.4. The van der Waals surface area contributed by atoms with Crippen molar-refractivity contribution < 1.29 is 9.59 Å². The van der Waals surface area contributed by atoms with E-state index in [1.807, 2.05) is 87.9 Å². The Kier molecular flexibility index (Phi) is 3.87. The number of nitrogens with zero attached hydrogens (tertiary/aromatic N) is 4. The van der Waals surface area contributed by atoms with Crippen LogP contribution in [0.3, 0.4) is 0 Å². The number of hydrogen-bond acceptors (Lipinski definition) is 3. The summed E-state index contributed by atoms with van der Waals surface area (Å²) in [7, 11) is 1.97. The van der Waals surface area contributed by atoms with Gasteiger partial charge in [-0.2, -0.15) is 0 Å². The van der Waals surface area contributed by atoms with Crippen molar-refractivity contribution in [3.05, 3.63) is 59.9 Å². The number of hydrogen-bond donors (Lipinski definition) is 1. The van der Waals surface area contributed by atoms with Crippen LogP contribution >= 0.6 is 22.9 Å². The molecule has 7 nitrogen and oxygen atoms in total. The third-order valence-corrected chi connectivity index (χ3v) is 6.30. The molecule has 5 rings (SSSR count). The highest BCUT2D eigenvalue weighted by Crippen LogP contribution is 2.47. The number of aryl methyl sites for hydroxylation is 1. The van der Waals surface area contributed by atoms with Gasteiger partial charge in [0.15, 0.2) is 0 Å². The number of halogens is 1. The quantitative estimate of drug-likeness (QED) is 0.447. The fourth-order valence-corrected chi connectivity index (χ4v) is 4.69. The molecule has 8 heteroatoms. The molecule has 0 saturated carbocycles. The number of carbonyl (C=O) groups excluding carboxylic acids is 2. The van der Waals surface area contributed by atoms with E-state index in [0.29, 0.717) is 19.6 Å². The molecule has 2 aliphatic rings. The number of benzene rings is 2. The predicted molar refractivity (Wildman–Crippen MR) is 114 cm³/mol. The van der Waals surface area contributed by atoms with Crippen molar-refractivity contribution in [3.63, 3.8) is 0 Å². The first-order chi connectivity index (χ1) is 13.5. The summed E-state index contributed by atoms with van der Waals surface area (Å²) in [6, 6.07) is 15.7. The number of rotatable bonds is 2. The second kappa shape index (κ2) is 6.20. The number of imidazole rings is 1. The van der Waals surface area contributed by atoms with Crippen LogP contribution in [0.1, 0.15) is 11.4 Å². The van der Waals surface area contributed by atoms with Gasteiger partial charge >= 0.3 is 6.03 Å². The average molecular weight is 487 g/mol. The van der Waals surface area contributed by atoms with Gasteiger partial charge in [0.2, 0.25) is 5.91 Å². The fourth-order valence-electron chi connectivity index (χ4n) is 4.35. The molecule has 28 heavy (non-hydrogen) atoms. The smallest absolute Gasteiger partial charge is 0.326 e. The Labute approximate surface area is 175 Å². The van der Waals surface area contributed by atoms with Gasteiger partial charge in [-0.15, -0.1) is 0 Å². The highest BCUT2D eigenvalue weighted by molar-refractivity contribution is 14.1. The lowest BCUT2D eigenvalue weighted by atomic mass is 9.75. The molecule has 1 spiro atoms. The van der Waals surface area contributed by atoms with E-state index >= 15 is 0 Å². The van der Waals surface area contributed by atoms with Crippen LogP contribution in [-0.2, 0) is 23.8 Å². The first kappa shape index (κ1) is 17.5. The van der Waals surface area contributed by atoms with Crippen molar-refractivity contribution in [2.45, 2.75) is 12.0 Å². The van der Waals surface area contributed by atoms with Crippen molar-refractivity contribution >= 4 is 51.5 Å². The standard InChI is InChI=1S/C20H18IN5O2/c1-24-16-9-5-3-7-14(16)22-17(24)10-26-15-8-4-2-6-13(15)20(18(26)27)11-25(12-20)19(28)23-21/h2-9H,10-12H2,1H3,(H,23,28). The highest BCUT2D eigenvalue weighted by atomic mass is 127. The summed E-state index contributed by atoms with van der Waals surface area (Å²) in [4.78, 5) is 33.6. The molecular weight excluding hydrogens is 469 g/mol. The molecule has 3 amide bonds. The molecule has 2 aliphatic heterocycles. The Bertz CT molecular complexity index is 1120. The lowest BCUT2D eigenvalue weighted by Crippen LogP contribution is -2.66. The Morgan fingerprint density at radius 3 is 2.64 bits per heavy atom. The van der Waals surface area contributed by atoms with E-state index < -0.39 is 5.41 Å². The van der Waals surface area contributed by atoms with Gasteiger partial charge in [0.25, 0.3) is 0 Å². The van der Waals surface area contributed by atoms with Gasteiger partial charge in [-0.05, 0) is 23.8 Å². The van der Waals surface area contributed by atoms with E-state index in [-0.39, 0.29) is 11.9 Å². The highest BCUT2D eigenvalue weighted by Gasteiger charge is 2.59. The van der Waals surface area contributed by atoms with Gasteiger partial charge < -0.3 is 14.4 Å². The lowest BCUT2D eigenvalue weighted by molar-refractivity contribution is -0.127. The molecule has 0 aliphatic carbocycles. The van der Waals surface area contributed by atoms with Crippen LogP contribution < -0.4 is 8.43 Å². The van der Waals surface area contributed by atoms with Crippen LogP contribution in [0.5, 0.6) is 0 Å². The third-order valence-electron chi connectivity index (χ3n) is 5.83. The minimum absolute atomic E-state index is 0.0401. The van der Waals surface area contributed by atoms with Crippen molar-refractivity contribution in [1.82, 2.24) is 18.0 Å². The third kappa shape index (κ3) is 2.30. The molecule has 0 unspecified atom stereocenters. The fraction of sp³-hybridized carbons (Fsp3) is 0.250. The van der Waals surface area contributed by atoms with Crippen molar-refractivity contribution in [2.75, 3.05) is 18.0 Å². The Balaban J connectivity index is 1.51. The minimum Gasteiger partial charge on any atom is -0.330 e. The number of anilines is 1. The van der Waals surface area contributed by atoms with Gasteiger partial charge in [0.05, 0.1) is 40.4 Å². The number of nitrogens with one attached hydrogen (secondary N) is 1. The molecule has 1 aromatic heterocycles. The molecule has 0 atom stereocenters.